The molecule has 0 N–H and O–H groups in total. The number of benzene rings is 1. The third-order valence-electron chi connectivity index (χ3n) is 4.50. The maximum absolute atomic E-state index is 11.2. The van der Waals surface area contributed by atoms with Crippen LogP contribution >= 0.6 is 25.3 Å². The average Bonchev–Trinajstić information content (AvgIpc) is 2.68. The van der Waals surface area contributed by atoms with Crippen LogP contribution in [0.5, 0.6) is 0 Å². The number of carbonyl (C=O) groups excluding carboxylic acids is 2. The third kappa shape index (κ3) is 12.6. The molecule has 1 radical (unpaired) electrons. The number of hydrogen-bond acceptors (Lipinski definition) is 4. The summed E-state index contributed by atoms with van der Waals surface area (Å²) in [5.74, 6) is 0. The first-order valence-electron chi connectivity index (χ1n) is 10.6. The van der Waals surface area contributed by atoms with Crippen molar-refractivity contribution in [1.29, 1.82) is 0 Å². The molecule has 0 aliphatic carbocycles. The van der Waals surface area contributed by atoms with Crippen molar-refractivity contribution in [3.8, 4) is 0 Å². The van der Waals surface area contributed by atoms with Crippen LogP contribution in [0.1, 0.15) is 69.1 Å². The molecule has 1 aromatic carbocycles. The van der Waals surface area contributed by atoms with E-state index in [1.165, 1.54) is 16.7 Å². The van der Waals surface area contributed by atoms with Gasteiger partial charge >= 0.3 is 9.28 Å². The monoisotopic (exact) mass is 455 g/mol. The van der Waals surface area contributed by atoms with E-state index < -0.39 is 9.28 Å². The van der Waals surface area contributed by atoms with Gasteiger partial charge in [-0.2, -0.15) is 0 Å². The Morgan fingerprint density at radius 1 is 0.862 bits per heavy atom. The molecule has 29 heavy (non-hydrogen) atoms. The van der Waals surface area contributed by atoms with Crippen molar-refractivity contribution in [1.82, 2.24) is 0 Å². The first kappa shape index (κ1) is 26.4. The van der Waals surface area contributed by atoms with Gasteiger partial charge in [-0.1, -0.05) is 32.0 Å². The average molecular weight is 456 g/mol. The second-order valence-electron chi connectivity index (χ2n) is 7.17. The van der Waals surface area contributed by atoms with E-state index in [1.54, 1.807) is 0 Å². The molecule has 0 saturated carbocycles. The molecule has 0 fully saturated rings. The number of rotatable bonds is 17. The van der Waals surface area contributed by atoms with Gasteiger partial charge < -0.3 is 8.85 Å². The van der Waals surface area contributed by atoms with Gasteiger partial charge in [0.1, 0.15) is 0 Å². The molecule has 4 nitrogen and oxygen atoms in total. The highest BCUT2D eigenvalue weighted by Crippen LogP contribution is 2.20. The van der Waals surface area contributed by atoms with Gasteiger partial charge in [0, 0.05) is 26.1 Å². The minimum absolute atomic E-state index is 0.0716. The number of carbonyl (C=O) groups is 2. The predicted octanol–water partition coefficient (Wildman–Crippen LogP) is 5.13. The number of thiol groups is 2. The lowest BCUT2D eigenvalue weighted by molar-refractivity contribution is -0.111. The van der Waals surface area contributed by atoms with Crippen molar-refractivity contribution in [2.45, 2.75) is 77.7 Å². The van der Waals surface area contributed by atoms with Crippen molar-refractivity contribution in [2.75, 3.05) is 13.2 Å². The van der Waals surface area contributed by atoms with Crippen molar-refractivity contribution >= 4 is 44.8 Å². The number of aryl methyl sites for hydroxylation is 3. The lowest BCUT2D eigenvalue weighted by atomic mass is 9.95. The summed E-state index contributed by atoms with van der Waals surface area (Å²) in [6, 6.07) is 7.51. The van der Waals surface area contributed by atoms with Crippen molar-refractivity contribution in [3.05, 3.63) is 34.9 Å². The fraction of sp³-hybridized carbons (Fsp3) is 0.636. The molecular weight excluding hydrogens is 420 g/mol. The zero-order valence-electron chi connectivity index (χ0n) is 17.7. The highest BCUT2D eigenvalue weighted by atomic mass is 32.1. The van der Waals surface area contributed by atoms with Crippen molar-refractivity contribution in [3.63, 3.8) is 0 Å². The second-order valence-corrected chi connectivity index (χ2v) is 9.99. The largest absolute Gasteiger partial charge is 0.393 e. The third-order valence-corrected chi connectivity index (χ3v) is 6.65. The van der Waals surface area contributed by atoms with Gasteiger partial charge in [0.25, 0.3) is 0 Å². The zero-order valence-corrected chi connectivity index (χ0v) is 20.5. The van der Waals surface area contributed by atoms with Crippen LogP contribution in [0.15, 0.2) is 18.2 Å². The molecule has 0 aliphatic rings. The molecule has 163 valence electrons. The lowest BCUT2D eigenvalue weighted by Gasteiger charge is -2.16. The van der Waals surface area contributed by atoms with Crippen LogP contribution in [-0.2, 0) is 37.7 Å². The Kier molecular flexibility index (Phi) is 14.7. The molecule has 0 atom stereocenters. The summed E-state index contributed by atoms with van der Waals surface area (Å²) in [5, 5.41) is -0.144. The summed E-state index contributed by atoms with van der Waals surface area (Å²) in [4.78, 5) is 22.3. The van der Waals surface area contributed by atoms with Crippen LogP contribution in [0.3, 0.4) is 0 Å². The van der Waals surface area contributed by atoms with E-state index in [1.807, 2.05) is 0 Å². The van der Waals surface area contributed by atoms with Gasteiger partial charge in [0.05, 0.1) is 0 Å². The second kappa shape index (κ2) is 16.1. The van der Waals surface area contributed by atoms with Crippen LogP contribution in [0.4, 0.5) is 0 Å². The highest BCUT2D eigenvalue weighted by molar-refractivity contribution is 7.96. The predicted molar refractivity (Wildman–Crippen MR) is 127 cm³/mol. The van der Waals surface area contributed by atoms with Gasteiger partial charge in [-0.3, -0.25) is 9.59 Å². The van der Waals surface area contributed by atoms with E-state index >= 15 is 0 Å². The molecule has 0 spiro atoms. The van der Waals surface area contributed by atoms with E-state index in [-0.39, 0.29) is 10.2 Å². The molecule has 0 amide bonds. The molecule has 0 aromatic heterocycles. The van der Waals surface area contributed by atoms with Crippen molar-refractivity contribution < 1.29 is 18.4 Å². The number of hydrogen-bond donors (Lipinski definition) is 2. The van der Waals surface area contributed by atoms with Gasteiger partial charge in [-0.25, -0.2) is 0 Å². The maximum atomic E-state index is 11.2. The Bertz CT molecular complexity index is 617. The molecule has 1 rings (SSSR count). The molecule has 7 heteroatoms. The molecule has 1 aromatic rings. The van der Waals surface area contributed by atoms with Crippen LogP contribution < -0.4 is 0 Å². The summed E-state index contributed by atoms with van der Waals surface area (Å²) in [5.41, 5.74) is 3.79. The Morgan fingerprint density at radius 2 is 1.41 bits per heavy atom. The van der Waals surface area contributed by atoms with E-state index in [0.29, 0.717) is 12.8 Å². The first-order valence-corrected chi connectivity index (χ1v) is 13.0. The SMILES string of the molecule is CCCO[Si](CCc1ccc(CCCC(=O)S)c(CCCC(=O)S)c1)OCCC. The quantitative estimate of drug-likeness (QED) is 0.253. The lowest BCUT2D eigenvalue weighted by Crippen LogP contribution is -2.24. The summed E-state index contributed by atoms with van der Waals surface area (Å²) in [7, 11) is -1.24. The highest BCUT2D eigenvalue weighted by Gasteiger charge is 2.16. The van der Waals surface area contributed by atoms with E-state index in [0.717, 1.165) is 64.2 Å². The standard InChI is InChI=1S/C22H35O4S2Si/c1-3-14-25-29(26-15-4-2)16-13-18-11-12-19(7-5-9-21(23)27)20(17-18)8-6-10-22(24)28/h11-12,17H,3-10,13-16H2,1-2H3,(H,23,27)(H,24,28). The van der Waals surface area contributed by atoms with Crippen LogP contribution in [0.2, 0.25) is 6.04 Å². The normalized spacial score (nSPS) is 11.2. The van der Waals surface area contributed by atoms with Gasteiger partial charge in [0.15, 0.2) is 10.2 Å². The Hall–Kier alpha value is -0.603. The summed E-state index contributed by atoms with van der Waals surface area (Å²) in [6.45, 7) is 5.73. The molecule has 0 saturated heterocycles. The zero-order chi connectivity index (χ0) is 21.5. The Labute approximate surface area is 188 Å². The Morgan fingerprint density at radius 3 is 1.93 bits per heavy atom. The van der Waals surface area contributed by atoms with Gasteiger partial charge in [-0.05, 0) is 67.7 Å². The molecular formula is C22H35O4S2Si. The fourth-order valence-electron chi connectivity index (χ4n) is 3.04. The Balaban J connectivity index is 2.76. The summed E-state index contributed by atoms with van der Waals surface area (Å²) in [6.07, 6.45) is 7.17. The summed E-state index contributed by atoms with van der Waals surface area (Å²) >= 11 is 7.73. The maximum Gasteiger partial charge on any atom is 0.384 e. The topological polar surface area (TPSA) is 52.6 Å². The molecule has 0 unspecified atom stereocenters. The van der Waals surface area contributed by atoms with Crippen LogP contribution in [0.25, 0.3) is 0 Å². The molecule has 0 bridgehead atoms. The first-order chi connectivity index (χ1) is 14.0. The van der Waals surface area contributed by atoms with Gasteiger partial charge in [-0.15, -0.1) is 25.3 Å². The van der Waals surface area contributed by atoms with Crippen LogP contribution in [-0.4, -0.2) is 32.7 Å². The van der Waals surface area contributed by atoms with Gasteiger partial charge in [0.2, 0.25) is 0 Å². The van der Waals surface area contributed by atoms with Crippen molar-refractivity contribution in [2.24, 2.45) is 0 Å². The fourth-order valence-corrected chi connectivity index (χ4v) is 5.08. The molecule has 0 aliphatic heterocycles. The molecule has 0 heterocycles. The van der Waals surface area contributed by atoms with Crippen LogP contribution in [0, 0.1) is 0 Å². The van der Waals surface area contributed by atoms with E-state index in [2.05, 4.69) is 57.3 Å². The smallest absolute Gasteiger partial charge is 0.384 e. The minimum atomic E-state index is -1.24. The van der Waals surface area contributed by atoms with E-state index in [9.17, 15) is 9.59 Å². The van der Waals surface area contributed by atoms with E-state index in [4.69, 9.17) is 8.85 Å². The summed E-state index contributed by atoms with van der Waals surface area (Å²) < 4.78 is 11.9. The minimum Gasteiger partial charge on any atom is -0.393 e.